The van der Waals surface area contributed by atoms with Gasteiger partial charge in [-0.3, -0.25) is 19.2 Å². The van der Waals surface area contributed by atoms with E-state index >= 15 is 4.39 Å². The highest BCUT2D eigenvalue weighted by atomic mass is 19.3. The molecular formula is C31H33F4N5O4. The van der Waals surface area contributed by atoms with Gasteiger partial charge in [0.2, 0.25) is 17.7 Å². The highest BCUT2D eigenvalue weighted by Crippen LogP contribution is 2.82. The van der Waals surface area contributed by atoms with E-state index in [-0.39, 0.29) is 43.5 Å². The van der Waals surface area contributed by atoms with Crippen molar-refractivity contribution in [3.05, 3.63) is 29.6 Å². The number of fused-ring (bicyclic) bond motifs is 5. The maximum absolute atomic E-state index is 15.4. The minimum Gasteiger partial charge on any atom is -0.339 e. The second-order valence-corrected chi connectivity index (χ2v) is 14.6. The molecule has 2 N–H and O–H groups in total. The normalized spacial score (nSPS) is 38.3. The summed E-state index contributed by atoms with van der Waals surface area (Å²) >= 11 is 0. The molecule has 1 unspecified atom stereocenters. The van der Waals surface area contributed by atoms with Crippen molar-refractivity contribution in [3.8, 4) is 6.07 Å². The van der Waals surface area contributed by atoms with Gasteiger partial charge in [0, 0.05) is 24.9 Å². The van der Waals surface area contributed by atoms with E-state index in [0.717, 1.165) is 0 Å². The first-order chi connectivity index (χ1) is 20.6. The molecule has 4 amide bonds. The molecule has 3 aliphatic heterocycles. The summed E-state index contributed by atoms with van der Waals surface area (Å²) in [6.07, 6.45) is -3.61. The Labute approximate surface area is 251 Å². The summed E-state index contributed by atoms with van der Waals surface area (Å²) in [5.41, 5.74) is -4.53. The van der Waals surface area contributed by atoms with Crippen LogP contribution in [0.3, 0.4) is 0 Å². The number of carbonyl (C=O) groups excluding carboxylic acids is 4. The molecule has 44 heavy (non-hydrogen) atoms. The van der Waals surface area contributed by atoms with Crippen molar-refractivity contribution in [2.24, 2.45) is 28.6 Å². The lowest BCUT2D eigenvalue weighted by Gasteiger charge is -2.39. The van der Waals surface area contributed by atoms with Crippen molar-refractivity contribution in [1.82, 2.24) is 15.1 Å². The number of nitrogens with zero attached hydrogens (tertiary/aromatic N) is 3. The van der Waals surface area contributed by atoms with Crippen LogP contribution in [-0.2, 0) is 24.6 Å². The molecule has 2 bridgehead atoms. The number of para-hydroxylation sites is 1. The fourth-order valence-corrected chi connectivity index (χ4v) is 9.76. The Morgan fingerprint density at radius 3 is 2.57 bits per heavy atom. The molecule has 6 aliphatic rings. The zero-order valence-electron chi connectivity index (χ0n) is 24.5. The quantitative estimate of drug-likeness (QED) is 0.505. The van der Waals surface area contributed by atoms with E-state index in [4.69, 9.17) is 0 Å². The molecule has 1 aromatic carbocycles. The maximum atomic E-state index is 15.4. The molecule has 3 aliphatic carbocycles. The summed E-state index contributed by atoms with van der Waals surface area (Å²) in [6, 6.07) is 3.85. The van der Waals surface area contributed by atoms with Gasteiger partial charge >= 0.3 is 6.43 Å². The molecule has 7 rings (SSSR count). The molecule has 9 atom stereocenters. The predicted octanol–water partition coefficient (Wildman–Crippen LogP) is 2.90. The van der Waals surface area contributed by atoms with Crippen molar-refractivity contribution in [2.75, 3.05) is 18.4 Å². The van der Waals surface area contributed by atoms with Crippen LogP contribution in [0, 0.1) is 45.7 Å². The monoisotopic (exact) mass is 615 g/mol. The molecule has 0 radical (unpaired) electrons. The number of halogens is 4. The third-order valence-electron chi connectivity index (χ3n) is 11.6. The first-order valence-corrected chi connectivity index (χ1v) is 15.0. The standard InChI is InChI=1S/C31H33F4N5O4/c1-28(2,3)22(38-24(41)23(34)35)25(42)40-11-18-14-7-17(20(33)8-14)30(18)12-31(30,40)27(44)39-13-29(9-15(39)10-36)16-5-4-6-19(32)21(16)37-26(29)43/h4-6,14-15,17-18,20,22-23H,7-9,11-13H2,1-3H3,(H,37,43)(H,38,41)/t14-,15-,17+,18+,20+,22+,29-,30-,31?/m0/s1. The van der Waals surface area contributed by atoms with Crippen LogP contribution >= 0.6 is 0 Å². The zero-order chi connectivity index (χ0) is 31.7. The van der Waals surface area contributed by atoms with Crippen molar-refractivity contribution >= 4 is 29.3 Å². The van der Waals surface area contributed by atoms with Gasteiger partial charge in [0.15, 0.2) is 0 Å². The highest BCUT2D eigenvalue weighted by Gasteiger charge is 2.90. The van der Waals surface area contributed by atoms with E-state index in [1.54, 1.807) is 26.8 Å². The SMILES string of the molecule is CC(C)(C)[C@H](NC(=O)C(F)F)C(=O)N1C[C@@H]2[C@@H]3C[C@@H](F)[C@@H](C3)[C@@]23CC13C(=O)N1C[C@]2(C[C@H]1C#N)C(=O)Nc1c(F)cccc12. The molecule has 9 nitrogen and oxygen atoms in total. The number of anilines is 1. The van der Waals surface area contributed by atoms with Crippen LogP contribution in [0.4, 0.5) is 23.2 Å². The number of nitriles is 1. The number of carbonyl (C=O) groups is 4. The van der Waals surface area contributed by atoms with Crippen molar-refractivity contribution in [2.45, 2.75) is 82.1 Å². The summed E-state index contributed by atoms with van der Waals surface area (Å²) in [5.74, 6) is -4.88. The average Bonchev–Trinajstić information content (AvgIpc) is 3.43. The second kappa shape index (κ2) is 8.95. The second-order valence-electron chi connectivity index (χ2n) is 14.6. The Morgan fingerprint density at radius 2 is 1.91 bits per heavy atom. The molecule has 3 saturated carbocycles. The predicted molar refractivity (Wildman–Crippen MR) is 146 cm³/mol. The van der Waals surface area contributed by atoms with Crippen LogP contribution in [0.5, 0.6) is 0 Å². The first kappa shape index (κ1) is 29.0. The molecule has 1 aromatic rings. The smallest absolute Gasteiger partial charge is 0.315 e. The number of alkyl halides is 3. The van der Waals surface area contributed by atoms with E-state index in [1.165, 1.54) is 21.9 Å². The maximum Gasteiger partial charge on any atom is 0.315 e. The van der Waals surface area contributed by atoms with Crippen molar-refractivity contribution in [3.63, 3.8) is 0 Å². The Bertz CT molecular complexity index is 1560. The van der Waals surface area contributed by atoms with Crippen LogP contribution in [-0.4, -0.2) is 76.7 Å². The fourth-order valence-electron chi connectivity index (χ4n) is 9.76. The van der Waals surface area contributed by atoms with Crippen LogP contribution in [0.2, 0.25) is 0 Å². The minimum atomic E-state index is -3.36. The largest absolute Gasteiger partial charge is 0.339 e. The van der Waals surface area contributed by atoms with Crippen LogP contribution in [0.15, 0.2) is 18.2 Å². The molecular weight excluding hydrogens is 582 g/mol. The molecule has 13 heteroatoms. The van der Waals surface area contributed by atoms with E-state index in [1.807, 2.05) is 0 Å². The first-order valence-electron chi connectivity index (χ1n) is 15.0. The zero-order valence-corrected chi connectivity index (χ0v) is 24.5. The topological polar surface area (TPSA) is 123 Å². The van der Waals surface area contributed by atoms with Gasteiger partial charge in [-0.2, -0.15) is 14.0 Å². The summed E-state index contributed by atoms with van der Waals surface area (Å²) in [5, 5.41) is 14.9. The van der Waals surface area contributed by atoms with Crippen LogP contribution in [0.1, 0.15) is 52.0 Å². The summed E-state index contributed by atoms with van der Waals surface area (Å²) in [4.78, 5) is 57.3. The number of hydrogen-bond donors (Lipinski definition) is 2. The van der Waals surface area contributed by atoms with Crippen LogP contribution in [0.25, 0.3) is 0 Å². The van der Waals surface area contributed by atoms with E-state index in [2.05, 4.69) is 16.7 Å². The van der Waals surface area contributed by atoms with Gasteiger partial charge < -0.3 is 20.4 Å². The Kier molecular flexibility index (Phi) is 5.90. The number of piperidine rings is 1. The average molecular weight is 616 g/mol. The number of amides is 4. The van der Waals surface area contributed by atoms with Gasteiger partial charge in [-0.15, -0.1) is 0 Å². The Hall–Kier alpha value is -3.69. The number of benzene rings is 1. The van der Waals surface area contributed by atoms with Gasteiger partial charge in [0.25, 0.3) is 5.91 Å². The highest BCUT2D eigenvalue weighted by molar-refractivity contribution is 6.08. The third kappa shape index (κ3) is 3.40. The van der Waals surface area contributed by atoms with Gasteiger partial charge in [-0.1, -0.05) is 32.9 Å². The molecule has 2 spiro atoms. The van der Waals surface area contributed by atoms with Crippen LogP contribution < -0.4 is 10.6 Å². The lowest BCUT2D eigenvalue weighted by Crippen LogP contribution is -2.61. The molecule has 5 fully saturated rings. The number of rotatable bonds is 4. The summed E-state index contributed by atoms with van der Waals surface area (Å²) < 4.78 is 56.7. The van der Waals surface area contributed by atoms with E-state index in [9.17, 15) is 37.6 Å². The Morgan fingerprint density at radius 1 is 1.18 bits per heavy atom. The molecule has 3 heterocycles. The van der Waals surface area contributed by atoms with E-state index in [0.29, 0.717) is 18.4 Å². The van der Waals surface area contributed by atoms with Gasteiger partial charge in [0.1, 0.15) is 29.6 Å². The number of likely N-dealkylation sites (tertiary alicyclic amines) is 2. The van der Waals surface area contributed by atoms with Gasteiger partial charge in [-0.25, -0.2) is 8.78 Å². The fraction of sp³-hybridized carbons (Fsp3) is 0.645. The Balaban J connectivity index is 1.30. The van der Waals surface area contributed by atoms with Crippen molar-refractivity contribution < 1.29 is 36.7 Å². The summed E-state index contributed by atoms with van der Waals surface area (Å²) in [6.45, 7) is 4.70. The van der Waals surface area contributed by atoms with Gasteiger partial charge in [0.05, 0.1) is 17.2 Å². The van der Waals surface area contributed by atoms with Gasteiger partial charge in [-0.05, 0) is 54.1 Å². The lowest BCUT2D eigenvalue weighted by molar-refractivity contribution is -0.152. The van der Waals surface area contributed by atoms with E-state index < -0.39 is 81.8 Å². The number of hydrogen-bond acceptors (Lipinski definition) is 5. The molecule has 0 aromatic heterocycles. The minimum absolute atomic E-state index is 0.00144. The third-order valence-corrected chi connectivity index (χ3v) is 11.6. The summed E-state index contributed by atoms with van der Waals surface area (Å²) in [7, 11) is 0. The van der Waals surface area contributed by atoms with Crippen molar-refractivity contribution in [1.29, 1.82) is 5.26 Å². The number of nitrogens with one attached hydrogen (secondary N) is 2. The molecule has 2 saturated heterocycles. The molecule has 234 valence electrons. The lowest BCUT2D eigenvalue weighted by atomic mass is 9.75.